The van der Waals surface area contributed by atoms with Gasteiger partial charge in [0, 0.05) is 4.88 Å². The predicted octanol–water partition coefficient (Wildman–Crippen LogP) is 5.58. The molecule has 21 heavy (non-hydrogen) atoms. The van der Waals surface area contributed by atoms with E-state index in [2.05, 4.69) is 37.5 Å². The van der Waals surface area contributed by atoms with Gasteiger partial charge in [-0.25, -0.2) is 0 Å². The minimum atomic E-state index is 0.624. The van der Waals surface area contributed by atoms with Gasteiger partial charge >= 0.3 is 0 Å². The molecule has 0 radical (unpaired) electrons. The molecule has 1 aliphatic rings. The van der Waals surface area contributed by atoms with Crippen LogP contribution in [0.15, 0.2) is 11.4 Å². The summed E-state index contributed by atoms with van der Waals surface area (Å²) in [7, 11) is 0. The second-order valence-electron chi connectivity index (χ2n) is 7.44. The molecule has 0 atom stereocenters. The minimum absolute atomic E-state index is 0.624. The van der Waals surface area contributed by atoms with Crippen LogP contribution in [0.1, 0.15) is 69.2 Å². The summed E-state index contributed by atoms with van der Waals surface area (Å²) in [5.74, 6) is 0.765. The van der Waals surface area contributed by atoms with Crippen LogP contribution in [0, 0.1) is 18.3 Å². The Labute approximate surface area is 135 Å². The van der Waals surface area contributed by atoms with Gasteiger partial charge in [-0.3, -0.25) is 0 Å². The van der Waals surface area contributed by atoms with Crippen LogP contribution in [0.3, 0.4) is 0 Å². The number of thiophene rings is 1. The van der Waals surface area contributed by atoms with Crippen LogP contribution in [-0.2, 0) is 6.42 Å². The third-order valence-corrected chi connectivity index (χ3v) is 6.23. The normalized spacial score (nSPS) is 18.3. The van der Waals surface area contributed by atoms with Gasteiger partial charge in [0.25, 0.3) is 0 Å². The van der Waals surface area contributed by atoms with Crippen molar-refractivity contribution in [3.05, 3.63) is 21.9 Å². The maximum absolute atomic E-state index is 3.66. The zero-order chi connectivity index (χ0) is 15.1. The molecule has 120 valence electrons. The highest BCUT2D eigenvalue weighted by atomic mass is 32.1. The minimum Gasteiger partial charge on any atom is -0.316 e. The summed E-state index contributed by atoms with van der Waals surface area (Å²) in [5, 5.41) is 5.92. The predicted molar refractivity (Wildman–Crippen MR) is 95.2 cm³/mol. The van der Waals surface area contributed by atoms with E-state index in [-0.39, 0.29) is 0 Å². The lowest BCUT2D eigenvalue weighted by atomic mass is 9.69. The van der Waals surface area contributed by atoms with E-state index < -0.39 is 0 Å². The van der Waals surface area contributed by atoms with Crippen molar-refractivity contribution >= 4 is 11.3 Å². The molecule has 1 aromatic heterocycles. The molecule has 2 heteroatoms. The van der Waals surface area contributed by atoms with Crippen molar-refractivity contribution in [3.63, 3.8) is 0 Å². The molecule has 2 rings (SSSR count). The third kappa shape index (κ3) is 5.41. The van der Waals surface area contributed by atoms with Gasteiger partial charge in [-0.15, -0.1) is 11.3 Å². The fourth-order valence-electron chi connectivity index (χ4n) is 3.71. The second kappa shape index (κ2) is 8.33. The Morgan fingerprint density at radius 2 is 1.95 bits per heavy atom. The highest BCUT2D eigenvalue weighted by Crippen LogP contribution is 2.43. The summed E-state index contributed by atoms with van der Waals surface area (Å²) in [5.41, 5.74) is 2.13. The SMILES string of the molecule is Cc1ccsc1CCC1(CCNCC(C)C)CCCCC1. The molecule has 1 aromatic rings. The number of rotatable bonds is 8. The highest BCUT2D eigenvalue weighted by Gasteiger charge is 2.31. The Morgan fingerprint density at radius 3 is 2.57 bits per heavy atom. The second-order valence-corrected chi connectivity index (χ2v) is 8.44. The van der Waals surface area contributed by atoms with E-state index in [0.29, 0.717) is 5.41 Å². The van der Waals surface area contributed by atoms with Crippen molar-refractivity contribution in [3.8, 4) is 0 Å². The quantitative estimate of drug-likeness (QED) is 0.619. The van der Waals surface area contributed by atoms with Crippen LogP contribution in [0.25, 0.3) is 0 Å². The Balaban J connectivity index is 1.85. The topological polar surface area (TPSA) is 12.0 Å². The Hall–Kier alpha value is -0.340. The van der Waals surface area contributed by atoms with Crippen molar-refractivity contribution in [2.75, 3.05) is 13.1 Å². The van der Waals surface area contributed by atoms with Gasteiger partial charge in [0.15, 0.2) is 0 Å². The molecule has 1 aliphatic carbocycles. The van der Waals surface area contributed by atoms with E-state index in [1.165, 1.54) is 70.0 Å². The van der Waals surface area contributed by atoms with Crippen molar-refractivity contribution in [2.24, 2.45) is 11.3 Å². The lowest BCUT2D eigenvalue weighted by molar-refractivity contribution is 0.156. The summed E-state index contributed by atoms with van der Waals surface area (Å²) >= 11 is 1.95. The summed E-state index contributed by atoms with van der Waals surface area (Å²) in [4.78, 5) is 1.62. The van der Waals surface area contributed by atoms with Crippen molar-refractivity contribution < 1.29 is 0 Å². The van der Waals surface area contributed by atoms with Crippen LogP contribution < -0.4 is 5.32 Å². The average molecular weight is 308 g/mol. The van der Waals surface area contributed by atoms with Crippen LogP contribution in [0.2, 0.25) is 0 Å². The molecule has 0 aliphatic heterocycles. The van der Waals surface area contributed by atoms with Gasteiger partial charge in [0.05, 0.1) is 0 Å². The van der Waals surface area contributed by atoms with E-state index in [1.807, 2.05) is 11.3 Å². The Morgan fingerprint density at radius 1 is 1.19 bits per heavy atom. The maximum Gasteiger partial charge on any atom is 0.00746 e. The number of hydrogen-bond donors (Lipinski definition) is 1. The fraction of sp³-hybridized carbons (Fsp3) is 0.789. The van der Waals surface area contributed by atoms with Crippen molar-refractivity contribution in [1.29, 1.82) is 0 Å². The fourth-order valence-corrected chi connectivity index (χ4v) is 4.62. The molecule has 1 fully saturated rings. The summed E-state index contributed by atoms with van der Waals surface area (Å²) in [6, 6.07) is 2.28. The lowest BCUT2D eigenvalue weighted by Gasteiger charge is -2.38. The van der Waals surface area contributed by atoms with Gasteiger partial charge in [-0.05, 0) is 80.5 Å². The summed E-state index contributed by atoms with van der Waals surface area (Å²) in [6.45, 7) is 9.23. The zero-order valence-electron chi connectivity index (χ0n) is 14.2. The van der Waals surface area contributed by atoms with Gasteiger partial charge in [-0.2, -0.15) is 0 Å². The molecule has 1 N–H and O–H groups in total. The molecule has 0 amide bonds. The van der Waals surface area contributed by atoms with E-state index in [4.69, 9.17) is 0 Å². The van der Waals surface area contributed by atoms with Gasteiger partial charge < -0.3 is 5.32 Å². The number of nitrogens with one attached hydrogen (secondary N) is 1. The zero-order valence-corrected chi connectivity index (χ0v) is 15.0. The molecular formula is C19H33NS. The van der Waals surface area contributed by atoms with Crippen molar-refractivity contribution in [1.82, 2.24) is 5.32 Å². The maximum atomic E-state index is 3.66. The smallest absolute Gasteiger partial charge is 0.00746 e. The molecule has 1 saturated carbocycles. The first-order chi connectivity index (χ1) is 10.1. The van der Waals surface area contributed by atoms with Crippen LogP contribution in [0.5, 0.6) is 0 Å². The largest absolute Gasteiger partial charge is 0.316 e. The Kier molecular flexibility index (Phi) is 6.75. The van der Waals surface area contributed by atoms with Gasteiger partial charge in [0.2, 0.25) is 0 Å². The van der Waals surface area contributed by atoms with Gasteiger partial charge in [0.1, 0.15) is 0 Å². The molecule has 0 unspecified atom stereocenters. The van der Waals surface area contributed by atoms with Crippen molar-refractivity contribution in [2.45, 2.75) is 72.1 Å². The highest BCUT2D eigenvalue weighted by molar-refractivity contribution is 7.10. The average Bonchev–Trinajstić information content (AvgIpc) is 2.88. The van der Waals surface area contributed by atoms with Crippen LogP contribution in [-0.4, -0.2) is 13.1 Å². The first kappa shape index (κ1) is 17.0. The number of aryl methyl sites for hydroxylation is 2. The Bertz CT molecular complexity index is 401. The number of hydrogen-bond acceptors (Lipinski definition) is 2. The molecule has 0 aromatic carbocycles. The van der Waals surface area contributed by atoms with E-state index >= 15 is 0 Å². The molecule has 0 spiro atoms. The molecule has 0 bridgehead atoms. The molecule has 1 nitrogen and oxygen atoms in total. The van der Waals surface area contributed by atoms with E-state index in [9.17, 15) is 0 Å². The lowest BCUT2D eigenvalue weighted by Crippen LogP contribution is -2.31. The van der Waals surface area contributed by atoms with Gasteiger partial charge in [-0.1, -0.05) is 33.1 Å². The molecule has 0 saturated heterocycles. The third-order valence-electron chi connectivity index (χ3n) is 5.15. The van der Waals surface area contributed by atoms with E-state index in [0.717, 1.165) is 5.92 Å². The van der Waals surface area contributed by atoms with E-state index in [1.54, 1.807) is 4.88 Å². The monoisotopic (exact) mass is 307 g/mol. The first-order valence-electron chi connectivity index (χ1n) is 8.85. The molecule has 1 heterocycles. The first-order valence-corrected chi connectivity index (χ1v) is 9.73. The van der Waals surface area contributed by atoms with Crippen LogP contribution in [0.4, 0.5) is 0 Å². The van der Waals surface area contributed by atoms with Crippen LogP contribution >= 0.6 is 11.3 Å². The molecular weight excluding hydrogens is 274 g/mol. The summed E-state index contributed by atoms with van der Waals surface area (Å²) < 4.78 is 0. The summed E-state index contributed by atoms with van der Waals surface area (Å²) in [6.07, 6.45) is 11.4. The standard InChI is InChI=1S/C19H33NS/c1-16(2)15-20-13-12-19(9-5-4-6-10-19)11-7-18-17(3)8-14-21-18/h8,14,16,20H,4-7,9-13,15H2,1-3H3.